The van der Waals surface area contributed by atoms with Gasteiger partial charge in [-0.15, -0.1) is 6.42 Å². The van der Waals surface area contributed by atoms with Gasteiger partial charge in [0.1, 0.15) is 6.04 Å². The van der Waals surface area contributed by atoms with Gasteiger partial charge in [0.2, 0.25) is 0 Å². The first-order valence-corrected chi connectivity index (χ1v) is 6.56. The van der Waals surface area contributed by atoms with E-state index in [-0.39, 0.29) is 12.3 Å². The number of esters is 1. The molecule has 0 bridgehead atoms. The van der Waals surface area contributed by atoms with Crippen LogP contribution in [0.2, 0.25) is 0 Å². The number of aromatic nitrogens is 2. The molecule has 2 rings (SSSR count). The zero-order valence-electron chi connectivity index (χ0n) is 12.0. The summed E-state index contributed by atoms with van der Waals surface area (Å²) in [6.45, 7) is 0. The molecule has 0 spiro atoms. The average molecular weight is 297 g/mol. The Morgan fingerprint density at radius 2 is 2.14 bits per heavy atom. The first kappa shape index (κ1) is 15.3. The Morgan fingerprint density at radius 3 is 2.68 bits per heavy atom. The van der Waals surface area contributed by atoms with E-state index in [4.69, 9.17) is 11.2 Å². The number of carbonyl (C=O) groups is 2. The summed E-state index contributed by atoms with van der Waals surface area (Å²) in [4.78, 5) is 30.8. The van der Waals surface area contributed by atoms with Crippen molar-refractivity contribution in [2.24, 2.45) is 0 Å². The van der Waals surface area contributed by atoms with Crippen LogP contribution in [0.4, 0.5) is 0 Å². The lowest BCUT2D eigenvalue weighted by atomic mass is 10.1. The molecule has 0 fully saturated rings. The Morgan fingerprint density at radius 1 is 1.41 bits per heavy atom. The van der Waals surface area contributed by atoms with Crippen LogP contribution in [0.15, 0.2) is 36.8 Å². The molecule has 6 heteroatoms. The molecule has 1 aromatic heterocycles. The van der Waals surface area contributed by atoms with E-state index in [0.717, 1.165) is 5.69 Å². The van der Waals surface area contributed by atoms with Gasteiger partial charge in [-0.05, 0) is 24.3 Å². The zero-order chi connectivity index (χ0) is 15.9. The number of methoxy groups -OCH3 is 1. The van der Waals surface area contributed by atoms with E-state index in [2.05, 4.69) is 21.2 Å². The van der Waals surface area contributed by atoms with Gasteiger partial charge in [0.15, 0.2) is 0 Å². The standard InChI is InChI=1S/C16H15N3O3/c1-3-11-4-6-12(7-5-11)15(20)19-14(16(21)22-2)8-13-9-17-10-18-13/h1,4-7,9-10,14H,8H2,2H3,(H,17,18)(H,19,20)/t14-/m1/s1. The molecule has 112 valence electrons. The van der Waals surface area contributed by atoms with Crippen LogP contribution in [0.1, 0.15) is 21.6 Å². The lowest BCUT2D eigenvalue weighted by Gasteiger charge is -2.15. The third-order valence-corrected chi connectivity index (χ3v) is 3.08. The van der Waals surface area contributed by atoms with Crippen molar-refractivity contribution in [3.05, 3.63) is 53.6 Å². The van der Waals surface area contributed by atoms with Crippen LogP contribution in [0.3, 0.4) is 0 Å². The Hall–Kier alpha value is -3.07. The van der Waals surface area contributed by atoms with Crippen molar-refractivity contribution in [2.45, 2.75) is 12.5 Å². The third kappa shape index (κ3) is 3.73. The monoisotopic (exact) mass is 297 g/mol. The summed E-state index contributed by atoms with van der Waals surface area (Å²) >= 11 is 0. The van der Waals surface area contributed by atoms with Gasteiger partial charge in [0.05, 0.1) is 13.4 Å². The highest BCUT2D eigenvalue weighted by Gasteiger charge is 2.23. The van der Waals surface area contributed by atoms with Gasteiger partial charge in [-0.25, -0.2) is 9.78 Å². The maximum Gasteiger partial charge on any atom is 0.328 e. The van der Waals surface area contributed by atoms with Gasteiger partial charge >= 0.3 is 5.97 Å². The predicted octanol–water partition coefficient (Wildman–Crippen LogP) is 0.905. The Bertz CT molecular complexity index is 684. The number of terminal acetylenes is 1. The van der Waals surface area contributed by atoms with Gasteiger partial charge in [-0.3, -0.25) is 4.79 Å². The number of rotatable bonds is 5. The number of ether oxygens (including phenoxy) is 1. The van der Waals surface area contributed by atoms with E-state index in [1.807, 2.05) is 0 Å². The molecule has 0 unspecified atom stereocenters. The van der Waals surface area contributed by atoms with Crippen LogP contribution in [-0.4, -0.2) is 35.0 Å². The molecule has 1 aromatic carbocycles. The van der Waals surface area contributed by atoms with Gasteiger partial charge in [-0.1, -0.05) is 5.92 Å². The highest BCUT2D eigenvalue weighted by molar-refractivity contribution is 5.96. The lowest BCUT2D eigenvalue weighted by Crippen LogP contribution is -2.43. The second-order valence-electron chi connectivity index (χ2n) is 4.55. The quantitative estimate of drug-likeness (QED) is 0.634. The second-order valence-corrected chi connectivity index (χ2v) is 4.55. The summed E-state index contributed by atoms with van der Waals surface area (Å²) in [6, 6.07) is 5.74. The number of H-pyrrole nitrogens is 1. The molecule has 0 radical (unpaired) electrons. The molecular weight excluding hydrogens is 282 g/mol. The number of amides is 1. The van der Waals surface area contributed by atoms with Crippen LogP contribution in [-0.2, 0) is 16.0 Å². The largest absolute Gasteiger partial charge is 0.467 e. The maximum absolute atomic E-state index is 12.2. The van der Waals surface area contributed by atoms with E-state index in [1.54, 1.807) is 30.5 Å². The summed E-state index contributed by atoms with van der Waals surface area (Å²) in [5.41, 5.74) is 1.81. The van der Waals surface area contributed by atoms with Crippen molar-refractivity contribution in [1.82, 2.24) is 15.3 Å². The SMILES string of the molecule is C#Cc1ccc(C(=O)N[C@H](Cc2cnc[nH]2)C(=O)OC)cc1. The van der Waals surface area contributed by atoms with Crippen molar-refractivity contribution >= 4 is 11.9 Å². The normalized spacial score (nSPS) is 11.3. The zero-order valence-corrected chi connectivity index (χ0v) is 12.0. The molecule has 0 saturated carbocycles. The van der Waals surface area contributed by atoms with Crippen molar-refractivity contribution in [3.8, 4) is 12.3 Å². The van der Waals surface area contributed by atoms with E-state index >= 15 is 0 Å². The molecule has 0 aliphatic rings. The van der Waals surface area contributed by atoms with E-state index < -0.39 is 12.0 Å². The first-order valence-electron chi connectivity index (χ1n) is 6.56. The maximum atomic E-state index is 12.2. The minimum absolute atomic E-state index is 0.265. The van der Waals surface area contributed by atoms with E-state index in [1.165, 1.54) is 13.4 Å². The molecule has 0 saturated heterocycles. The Labute approximate surface area is 127 Å². The third-order valence-electron chi connectivity index (χ3n) is 3.08. The fourth-order valence-electron chi connectivity index (χ4n) is 1.91. The molecule has 1 heterocycles. The molecule has 22 heavy (non-hydrogen) atoms. The van der Waals surface area contributed by atoms with Crippen LogP contribution < -0.4 is 5.32 Å². The van der Waals surface area contributed by atoms with Crippen LogP contribution in [0.5, 0.6) is 0 Å². The number of carbonyl (C=O) groups excluding carboxylic acids is 2. The number of benzene rings is 1. The summed E-state index contributed by atoms with van der Waals surface area (Å²) < 4.78 is 4.72. The minimum Gasteiger partial charge on any atom is -0.467 e. The van der Waals surface area contributed by atoms with Crippen molar-refractivity contribution in [1.29, 1.82) is 0 Å². The van der Waals surface area contributed by atoms with E-state index in [0.29, 0.717) is 11.1 Å². The number of nitrogens with one attached hydrogen (secondary N) is 2. The highest BCUT2D eigenvalue weighted by atomic mass is 16.5. The second kappa shape index (κ2) is 7.09. The van der Waals surface area contributed by atoms with Crippen molar-refractivity contribution in [3.63, 3.8) is 0 Å². The molecule has 2 N–H and O–H groups in total. The Kier molecular flexibility index (Phi) is 4.94. The van der Waals surface area contributed by atoms with Crippen LogP contribution in [0.25, 0.3) is 0 Å². The number of imidazole rings is 1. The summed E-state index contributed by atoms with van der Waals surface area (Å²) in [5.74, 6) is 1.57. The average Bonchev–Trinajstić information content (AvgIpc) is 3.06. The number of aromatic amines is 1. The molecule has 0 aliphatic carbocycles. The predicted molar refractivity (Wildman–Crippen MR) is 79.9 cm³/mol. The summed E-state index contributed by atoms with van der Waals surface area (Å²) in [6.07, 6.45) is 8.62. The molecule has 0 aliphatic heterocycles. The van der Waals surface area contributed by atoms with Gasteiger partial charge < -0.3 is 15.0 Å². The molecule has 1 amide bonds. The summed E-state index contributed by atoms with van der Waals surface area (Å²) in [7, 11) is 1.27. The fraction of sp³-hybridized carbons (Fsp3) is 0.188. The number of nitrogens with zero attached hydrogens (tertiary/aromatic N) is 1. The minimum atomic E-state index is -0.801. The number of hydrogen-bond acceptors (Lipinski definition) is 4. The topological polar surface area (TPSA) is 84.1 Å². The van der Waals surface area contributed by atoms with Crippen LogP contribution >= 0.6 is 0 Å². The van der Waals surface area contributed by atoms with Crippen molar-refractivity contribution < 1.29 is 14.3 Å². The molecule has 2 aromatic rings. The van der Waals surface area contributed by atoms with Gasteiger partial charge in [0.25, 0.3) is 5.91 Å². The van der Waals surface area contributed by atoms with Gasteiger partial charge in [0, 0.05) is 29.4 Å². The fourth-order valence-corrected chi connectivity index (χ4v) is 1.91. The Balaban J connectivity index is 2.10. The summed E-state index contributed by atoms with van der Waals surface area (Å²) in [5, 5.41) is 2.65. The first-order chi connectivity index (χ1) is 10.6. The molecule has 6 nitrogen and oxygen atoms in total. The van der Waals surface area contributed by atoms with E-state index in [9.17, 15) is 9.59 Å². The molecule has 1 atom stereocenters. The number of hydrogen-bond donors (Lipinski definition) is 2. The molecular formula is C16H15N3O3. The highest BCUT2D eigenvalue weighted by Crippen LogP contribution is 2.06. The van der Waals surface area contributed by atoms with Crippen molar-refractivity contribution in [2.75, 3.05) is 7.11 Å². The van der Waals surface area contributed by atoms with Crippen LogP contribution in [0, 0.1) is 12.3 Å². The lowest BCUT2D eigenvalue weighted by molar-refractivity contribution is -0.142. The smallest absolute Gasteiger partial charge is 0.328 e. The van der Waals surface area contributed by atoms with Gasteiger partial charge in [-0.2, -0.15) is 0 Å².